The highest BCUT2D eigenvalue weighted by Gasteiger charge is 2.24. The minimum Gasteiger partial charge on any atom is -0.456 e. The number of pyridine rings is 1. The Balaban J connectivity index is 0.981. The molecule has 0 aliphatic heterocycles. The van der Waals surface area contributed by atoms with E-state index in [0.29, 0.717) is 28.6 Å². The van der Waals surface area contributed by atoms with Crippen LogP contribution in [0.2, 0.25) is 0 Å². The Labute approximate surface area is 347 Å². The van der Waals surface area contributed by atoms with Crippen LogP contribution in [0.3, 0.4) is 0 Å². The van der Waals surface area contributed by atoms with E-state index in [1.807, 2.05) is 48.5 Å². The van der Waals surface area contributed by atoms with Crippen LogP contribution in [0.5, 0.6) is 0 Å². The molecule has 13 aromatic rings. The highest BCUT2D eigenvalue weighted by molar-refractivity contribution is 6.09. The van der Waals surface area contributed by atoms with E-state index in [0.717, 1.165) is 93.6 Å². The zero-order chi connectivity index (χ0) is 40.0. The summed E-state index contributed by atoms with van der Waals surface area (Å²) < 4.78 is 19.3. The van der Waals surface area contributed by atoms with Crippen LogP contribution < -0.4 is 9.80 Å². The van der Waals surface area contributed by atoms with Crippen LogP contribution in [0.1, 0.15) is 0 Å². The van der Waals surface area contributed by atoms with Crippen molar-refractivity contribution in [2.24, 2.45) is 0 Å². The number of furan rings is 3. The van der Waals surface area contributed by atoms with Crippen molar-refractivity contribution in [1.29, 1.82) is 0 Å². The molecule has 0 aliphatic rings. The van der Waals surface area contributed by atoms with Crippen molar-refractivity contribution in [3.63, 3.8) is 0 Å². The lowest BCUT2D eigenvalue weighted by Crippen LogP contribution is -2.12. The van der Waals surface area contributed by atoms with Gasteiger partial charge in [0.15, 0.2) is 5.82 Å². The van der Waals surface area contributed by atoms with Gasteiger partial charge in [0.25, 0.3) is 0 Å². The Morgan fingerprint density at radius 3 is 1.43 bits per heavy atom. The lowest BCUT2D eigenvalue weighted by molar-refractivity contribution is 0.639. The maximum absolute atomic E-state index is 6.60. The van der Waals surface area contributed by atoms with Crippen molar-refractivity contribution >= 4 is 122 Å². The molecule has 0 bridgehead atoms. The second-order valence-electron chi connectivity index (χ2n) is 15.2. The van der Waals surface area contributed by atoms with E-state index in [2.05, 4.69) is 143 Å². The average molecular weight is 786 g/mol. The fraction of sp³-hybridized carbons (Fsp3) is 0. The second-order valence-corrected chi connectivity index (χ2v) is 15.2. The lowest BCUT2D eigenvalue weighted by atomic mass is 10.1. The van der Waals surface area contributed by atoms with Crippen LogP contribution in [0.25, 0.3) is 87.8 Å². The molecule has 0 N–H and O–H groups in total. The van der Waals surface area contributed by atoms with Crippen molar-refractivity contribution in [2.45, 2.75) is 0 Å². The third-order valence-corrected chi connectivity index (χ3v) is 11.7. The summed E-state index contributed by atoms with van der Waals surface area (Å²) in [5, 5.41) is 9.42. The summed E-state index contributed by atoms with van der Waals surface area (Å²) in [7, 11) is 0. The smallest absolute Gasteiger partial charge is 0.250 e. The number of para-hydroxylation sites is 2. The summed E-state index contributed by atoms with van der Waals surface area (Å²) in [5.74, 6) is 1.27. The number of anilines is 6. The maximum Gasteiger partial charge on any atom is 0.250 e. The summed E-state index contributed by atoms with van der Waals surface area (Å²) >= 11 is 0. The maximum atomic E-state index is 6.60. The molecule has 0 saturated carbocycles. The molecule has 5 heterocycles. The molecule has 0 atom stereocenters. The fourth-order valence-corrected chi connectivity index (χ4v) is 8.94. The molecule has 8 nitrogen and oxygen atoms in total. The number of benzene rings is 8. The van der Waals surface area contributed by atoms with E-state index in [-0.39, 0.29) is 0 Å². The Morgan fingerprint density at radius 2 is 0.820 bits per heavy atom. The number of hydrogen-bond acceptors (Lipinski definition) is 8. The Bertz CT molecular complexity index is 3620. The van der Waals surface area contributed by atoms with Gasteiger partial charge in [0.2, 0.25) is 11.4 Å². The molecular weight excluding hydrogens is 755 g/mol. The molecular formula is C53H31N5O3. The van der Waals surface area contributed by atoms with Gasteiger partial charge >= 0.3 is 0 Å². The summed E-state index contributed by atoms with van der Waals surface area (Å²) in [5.41, 5.74) is 8.41. The quantitative estimate of drug-likeness (QED) is 0.165. The molecule has 8 aromatic carbocycles. The molecule has 0 radical (unpaired) electrons. The predicted octanol–water partition coefficient (Wildman–Crippen LogP) is 14.8. The van der Waals surface area contributed by atoms with Crippen LogP contribution in [0, 0.1) is 0 Å². The Morgan fingerprint density at radius 1 is 0.344 bits per heavy atom. The Kier molecular flexibility index (Phi) is 7.14. The number of fused-ring (bicyclic) bond motifs is 11. The van der Waals surface area contributed by atoms with Gasteiger partial charge in [0.05, 0.1) is 34.3 Å². The molecule has 0 unspecified atom stereocenters. The molecule has 0 fully saturated rings. The molecule has 0 spiro atoms. The van der Waals surface area contributed by atoms with Gasteiger partial charge in [-0.05, 0) is 71.4 Å². The fourth-order valence-electron chi connectivity index (χ4n) is 8.94. The first-order valence-corrected chi connectivity index (χ1v) is 20.2. The van der Waals surface area contributed by atoms with Gasteiger partial charge in [0, 0.05) is 44.5 Å². The summed E-state index contributed by atoms with van der Waals surface area (Å²) in [4.78, 5) is 19.7. The van der Waals surface area contributed by atoms with Crippen LogP contribution in [0.15, 0.2) is 201 Å². The van der Waals surface area contributed by atoms with Gasteiger partial charge in [0.1, 0.15) is 33.7 Å². The van der Waals surface area contributed by atoms with Crippen molar-refractivity contribution < 1.29 is 13.3 Å². The molecule has 5 aromatic heterocycles. The summed E-state index contributed by atoms with van der Waals surface area (Å²) in [6, 6.07) is 62.2. The number of nitrogens with zero attached hydrogens (tertiary/aromatic N) is 5. The summed E-state index contributed by atoms with van der Waals surface area (Å²) in [6.45, 7) is 0. The molecule has 0 amide bonds. The number of hydrogen-bond donors (Lipinski definition) is 0. The SMILES string of the molecule is c1ccc2c(N(c3ccc4c(c3)oc3ccccc34)c3ccc4c(n3)oc3nc(N(c5ccc6c(c5)oc5ccccc56)c5cccc6ccccc56)cnc34)cccc2c1. The molecule has 8 heteroatoms. The first-order valence-electron chi connectivity index (χ1n) is 20.2. The topological polar surface area (TPSA) is 84.6 Å². The van der Waals surface area contributed by atoms with Gasteiger partial charge in [-0.1, -0.05) is 109 Å². The number of aromatic nitrogens is 3. The van der Waals surface area contributed by atoms with Crippen molar-refractivity contribution in [3.05, 3.63) is 188 Å². The van der Waals surface area contributed by atoms with Gasteiger partial charge in [-0.25, -0.2) is 4.98 Å². The van der Waals surface area contributed by atoms with E-state index in [1.165, 1.54) is 0 Å². The van der Waals surface area contributed by atoms with Crippen molar-refractivity contribution in [2.75, 3.05) is 9.80 Å². The average Bonchev–Trinajstić information content (AvgIpc) is 3.99. The van der Waals surface area contributed by atoms with E-state index in [1.54, 1.807) is 6.20 Å². The largest absolute Gasteiger partial charge is 0.456 e. The molecule has 0 saturated heterocycles. The normalized spacial score (nSPS) is 11.9. The van der Waals surface area contributed by atoms with Crippen LogP contribution >= 0.6 is 0 Å². The van der Waals surface area contributed by atoms with Gasteiger partial charge < -0.3 is 13.3 Å². The highest BCUT2D eigenvalue weighted by atomic mass is 16.4. The van der Waals surface area contributed by atoms with E-state index >= 15 is 0 Å². The molecule has 61 heavy (non-hydrogen) atoms. The van der Waals surface area contributed by atoms with Crippen LogP contribution in [0.4, 0.5) is 34.4 Å². The van der Waals surface area contributed by atoms with Crippen LogP contribution in [-0.4, -0.2) is 15.0 Å². The first kappa shape index (κ1) is 33.5. The van der Waals surface area contributed by atoms with E-state index in [4.69, 9.17) is 28.2 Å². The predicted molar refractivity (Wildman–Crippen MR) is 246 cm³/mol. The van der Waals surface area contributed by atoms with Crippen LogP contribution in [-0.2, 0) is 0 Å². The van der Waals surface area contributed by atoms with Gasteiger partial charge in [-0.2, -0.15) is 9.97 Å². The van der Waals surface area contributed by atoms with E-state index in [9.17, 15) is 0 Å². The third kappa shape index (κ3) is 5.22. The van der Waals surface area contributed by atoms with E-state index < -0.39 is 0 Å². The number of rotatable bonds is 6. The molecule has 0 aliphatic carbocycles. The standard InChI is InChI=1S/C53H31N5O3/c1-3-15-36-32(11-1)13-9-19-43(36)57(34-23-25-40-38-17-5-7-21-45(38)59-47(40)29-34)49-28-27-42-51-53(61-52(42)55-49)56-50(31-54-51)58(44-20-10-14-33-12-2-4-16-37(33)44)35-24-26-41-39-18-6-8-22-46(39)60-48(41)30-35/h1-31H. The second kappa shape index (κ2) is 13.0. The zero-order valence-corrected chi connectivity index (χ0v) is 32.4. The highest BCUT2D eigenvalue weighted by Crippen LogP contribution is 2.44. The monoisotopic (exact) mass is 785 g/mol. The first-order chi connectivity index (χ1) is 30.2. The molecule has 13 rings (SSSR count). The van der Waals surface area contributed by atoms with Gasteiger partial charge in [-0.15, -0.1) is 0 Å². The van der Waals surface area contributed by atoms with Crippen molar-refractivity contribution in [3.8, 4) is 0 Å². The minimum absolute atomic E-state index is 0.382. The van der Waals surface area contributed by atoms with Crippen molar-refractivity contribution in [1.82, 2.24) is 15.0 Å². The third-order valence-electron chi connectivity index (χ3n) is 11.7. The lowest BCUT2D eigenvalue weighted by Gasteiger charge is -2.25. The van der Waals surface area contributed by atoms with Gasteiger partial charge in [-0.3, -0.25) is 9.80 Å². The molecule has 286 valence electrons. The Hall–Kier alpha value is -8.49. The summed E-state index contributed by atoms with van der Waals surface area (Å²) in [6.07, 6.45) is 1.81. The zero-order valence-electron chi connectivity index (χ0n) is 32.4. The minimum atomic E-state index is 0.382.